The molecule has 3 amide bonds. The maximum absolute atomic E-state index is 12.2. The Kier molecular flexibility index (Phi) is 6.08. The van der Waals surface area contributed by atoms with Gasteiger partial charge in [-0.2, -0.15) is 0 Å². The lowest BCUT2D eigenvalue weighted by Crippen LogP contribution is -2.35. The quantitative estimate of drug-likeness (QED) is 0.686. The van der Waals surface area contributed by atoms with Gasteiger partial charge in [0.2, 0.25) is 5.91 Å². The number of carbonyl (C=O) groups excluding carboxylic acids is 2. The summed E-state index contributed by atoms with van der Waals surface area (Å²) in [6, 6.07) is 10.6. The van der Waals surface area contributed by atoms with Crippen LogP contribution in [0, 0.1) is 6.92 Å². The van der Waals surface area contributed by atoms with Crippen LogP contribution in [0.25, 0.3) is 0 Å². The number of aryl methyl sites for hydroxylation is 1. The summed E-state index contributed by atoms with van der Waals surface area (Å²) in [5.74, 6) is 0.931. The number of rotatable bonds is 5. The van der Waals surface area contributed by atoms with Crippen LogP contribution in [0.3, 0.4) is 0 Å². The third-order valence-corrected chi connectivity index (χ3v) is 4.60. The number of urea groups is 1. The summed E-state index contributed by atoms with van der Waals surface area (Å²) in [6.07, 6.45) is 1.91. The molecule has 8 heteroatoms. The minimum Gasteiger partial charge on any atom is -0.486 e. The number of thioether (sulfide) groups is 1. The first-order valence-corrected chi connectivity index (χ1v) is 9.66. The Morgan fingerprint density at radius 2 is 1.81 bits per heavy atom. The molecule has 7 nitrogen and oxygen atoms in total. The van der Waals surface area contributed by atoms with E-state index >= 15 is 0 Å². The number of hydrogen-bond donors (Lipinski definition) is 3. The fraction of sp³-hybridized carbons (Fsp3) is 0.263. The predicted octanol–water partition coefficient (Wildman–Crippen LogP) is 3.25. The van der Waals surface area contributed by atoms with E-state index in [-0.39, 0.29) is 12.5 Å². The van der Waals surface area contributed by atoms with Gasteiger partial charge in [0, 0.05) is 16.6 Å². The number of hydrogen-bond acceptors (Lipinski definition) is 5. The number of benzene rings is 2. The maximum atomic E-state index is 12.2. The Hall–Kier alpha value is -2.87. The Morgan fingerprint density at radius 1 is 1.07 bits per heavy atom. The molecule has 2 aromatic carbocycles. The van der Waals surface area contributed by atoms with Crippen molar-refractivity contribution in [2.45, 2.75) is 11.8 Å². The van der Waals surface area contributed by atoms with Gasteiger partial charge in [-0.15, -0.1) is 11.8 Å². The largest absolute Gasteiger partial charge is 0.486 e. The van der Waals surface area contributed by atoms with Gasteiger partial charge in [-0.25, -0.2) is 4.79 Å². The Labute approximate surface area is 161 Å². The molecule has 0 aromatic heterocycles. The van der Waals surface area contributed by atoms with E-state index in [0.717, 1.165) is 10.5 Å². The third-order valence-electron chi connectivity index (χ3n) is 3.82. The standard InChI is InChI=1S/C19H21N3O4S/c1-12-4-3-5-13(8-12)21-19(24)20-11-18(23)22-14-9-15-16(10-17(14)27-2)26-7-6-25-15/h3-5,8-10H,6-7,11H2,1-2H3,(H,22,23)(H2,20,21,24). The predicted molar refractivity (Wildman–Crippen MR) is 106 cm³/mol. The molecule has 142 valence electrons. The minimum atomic E-state index is -0.442. The van der Waals surface area contributed by atoms with E-state index < -0.39 is 6.03 Å². The molecule has 1 aliphatic rings. The lowest BCUT2D eigenvalue weighted by atomic mass is 10.2. The van der Waals surface area contributed by atoms with Gasteiger partial charge in [0.25, 0.3) is 0 Å². The molecule has 0 saturated carbocycles. The summed E-state index contributed by atoms with van der Waals surface area (Å²) >= 11 is 1.49. The average molecular weight is 387 g/mol. The molecule has 3 rings (SSSR count). The highest BCUT2D eigenvalue weighted by molar-refractivity contribution is 7.98. The van der Waals surface area contributed by atoms with Gasteiger partial charge < -0.3 is 25.4 Å². The lowest BCUT2D eigenvalue weighted by molar-refractivity contribution is -0.115. The van der Waals surface area contributed by atoms with E-state index in [1.54, 1.807) is 12.1 Å². The first kappa shape index (κ1) is 18.9. The van der Waals surface area contributed by atoms with Crippen molar-refractivity contribution in [3.63, 3.8) is 0 Å². The SMILES string of the molecule is CSc1cc2c(cc1NC(=O)CNC(=O)Nc1cccc(C)c1)OCCO2. The fourth-order valence-corrected chi connectivity index (χ4v) is 3.14. The molecule has 0 atom stereocenters. The van der Waals surface area contributed by atoms with Crippen molar-refractivity contribution in [1.29, 1.82) is 0 Å². The second-order valence-electron chi connectivity index (χ2n) is 5.92. The second kappa shape index (κ2) is 8.68. The van der Waals surface area contributed by atoms with E-state index in [2.05, 4.69) is 16.0 Å². The van der Waals surface area contributed by atoms with Crippen molar-refractivity contribution in [3.8, 4) is 11.5 Å². The maximum Gasteiger partial charge on any atom is 0.319 e. The van der Waals surface area contributed by atoms with Crippen LogP contribution in [0.15, 0.2) is 41.3 Å². The number of amides is 3. The van der Waals surface area contributed by atoms with Crippen molar-refractivity contribution in [2.75, 3.05) is 36.6 Å². The van der Waals surface area contributed by atoms with E-state index in [0.29, 0.717) is 36.1 Å². The topological polar surface area (TPSA) is 88.7 Å². The van der Waals surface area contributed by atoms with Crippen molar-refractivity contribution in [1.82, 2.24) is 5.32 Å². The smallest absolute Gasteiger partial charge is 0.319 e. The second-order valence-corrected chi connectivity index (χ2v) is 6.77. The molecule has 0 radical (unpaired) electrons. The van der Waals surface area contributed by atoms with Crippen molar-refractivity contribution in [3.05, 3.63) is 42.0 Å². The van der Waals surface area contributed by atoms with Crippen LogP contribution in [0.2, 0.25) is 0 Å². The average Bonchev–Trinajstić information content (AvgIpc) is 2.66. The van der Waals surface area contributed by atoms with E-state index in [4.69, 9.17) is 9.47 Å². The summed E-state index contributed by atoms with van der Waals surface area (Å²) < 4.78 is 11.1. The molecule has 0 bridgehead atoms. The van der Waals surface area contributed by atoms with Gasteiger partial charge in [0.1, 0.15) is 13.2 Å². The van der Waals surface area contributed by atoms with E-state index in [9.17, 15) is 9.59 Å². The molecule has 1 heterocycles. The first-order chi connectivity index (χ1) is 13.0. The van der Waals surface area contributed by atoms with Crippen LogP contribution in [0.5, 0.6) is 11.5 Å². The highest BCUT2D eigenvalue weighted by Crippen LogP contribution is 2.39. The van der Waals surface area contributed by atoms with Crippen LogP contribution < -0.4 is 25.4 Å². The van der Waals surface area contributed by atoms with Crippen LogP contribution in [-0.2, 0) is 4.79 Å². The van der Waals surface area contributed by atoms with E-state index in [1.807, 2.05) is 37.4 Å². The first-order valence-electron chi connectivity index (χ1n) is 8.44. The van der Waals surface area contributed by atoms with Gasteiger partial charge in [0.15, 0.2) is 11.5 Å². The summed E-state index contributed by atoms with van der Waals surface area (Å²) in [4.78, 5) is 25.0. The summed E-state index contributed by atoms with van der Waals surface area (Å²) in [5.41, 5.74) is 2.33. The molecule has 3 N–H and O–H groups in total. The zero-order valence-electron chi connectivity index (χ0n) is 15.1. The van der Waals surface area contributed by atoms with Crippen molar-refractivity contribution >= 4 is 35.1 Å². The number of anilines is 2. The third kappa shape index (κ3) is 5.07. The molecule has 0 spiro atoms. The number of nitrogens with one attached hydrogen (secondary N) is 3. The molecular weight excluding hydrogens is 366 g/mol. The summed E-state index contributed by atoms with van der Waals surface area (Å²) in [6.45, 7) is 2.76. The van der Waals surface area contributed by atoms with Crippen LogP contribution in [0.4, 0.5) is 16.2 Å². The summed E-state index contributed by atoms with van der Waals surface area (Å²) in [5, 5.41) is 8.04. The summed E-state index contributed by atoms with van der Waals surface area (Å²) in [7, 11) is 0. The fourth-order valence-electron chi connectivity index (χ4n) is 2.59. The van der Waals surface area contributed by atoms with Crippen LogP contribution >= 0.6 is 11.8 Å². The number of fused-ring (bicyclic) bond motifs is 1. The molecule has 0 aliphatic carbocycles. The van der Waals surface area contributed by atoms with Crippen LogP contribution in [0.1, 0.15) is 5.56 Å². The van der Waals surface area contributed by atoms with E-state index in [1.165, 1.54) is 11.8 Å². The Balaban J connectivity index is 1.56. The van der Waals surface area contributed by atoms with Crippen LogP contribution in [-0.4, -0.2) is 38.0 Å². The molecule has 0 fully saturated rings. The van der Waals surface area contributed by atoms with Gasteiger partial charge in [-0.05, 0) is 36.9 Å². The molecule has 2 aromatic rings. The zero-order chi connectivity index (χ0) is 19.2. The Bertz CT molecular complexity index is 857. The van der Waals surface area contributed by atoms with Gasteiger partial charge >= 0.3 is 6.03 Å². The van der Waals surface area contributed by atoms with Crippen molar-refractivity contribution in [2.24, 2.45) is 0 Å². The monoisotopic (exact) mass is 387 g/mol. The van der Waals surface area contributed by atoms with Gasteiger partial charge in [0.05, 0.1) is 12.2 Å². The zero-order valence-corrected chi connectivity index (χ0v) is 15.9. The molecular formula is C19H21N3O4S. The highest BCUT2D eigenvalue weighted by Gasteiger charge is 2.17. The Morgan fingerprint density at radius 3 is 2.52 bits per heavy atom. The minimum absolute atomic E-state index is 0.153. The molecule has 0 saturated heterocycles. The lowest BCUT2D eigenvalue weighted by Gasteiger charge is -2.21. The molecule has 0 unspecified atom stereocenters. The number of carbonyl (C=O) groups is 2. The normalized spacial score (nSPS) is 12.2. The molecule has 1 aliphatic heterocycles. The highest BCUT2D eigenvalue weighted by atomic mass is 32.2. The number of ether oxygens (including phenoxy) is 2. The molecule has 27 heavy (non-hydrogen) atoms. The van der Waals surface area contributed by atoms with Crippen molar-refractivity contribution < 1.29 is 19.1 Å². The van der Waals surface area contributed by atoms with Gasteiger partial charge in [-0.3, -0.25) is 4.79 Å². The van der Waals surface area contributed by atoms with Gasteiger partial charge in [-0.1, -0.05) is 12.1 Å².